The Morgan fingerprint density at radius 1 is 1.16 bits per heavy atom. The summed E-state index contributed by atoms with van der Waals surface area (Å²) in [7, 11) is 5.67. The second-order valence-electron chi connectivity index (χ2n) is 5.60. The van der Waals surface area contributed by atoms with Crippen molar-refractivity contribution in [3.8, 4) is 0 Å². The van der Waals surface area contributed by atoms with Crippen LogP contribution in [-0.2, 0) is 4.79 Å². The standard InChI is InChI=1S/C13H25N3O3/c1-15(2)9-6-10-16(3)12(19)14-13(11(17)18)7-4-5-8-13/h4-10H2,1-3H3,(H,14,19)(H,17,18). The van der Waals surface area contributed by atoms with Gasteiger partial charge in [-0.15, -0.1) is 0 Å². The Kier molecular flexibility index (Phi) is 5.60. The molecule has 2 N–H and O–H groups in total. The van der Waals surface area contributed by atoms with Crippen LogP contribution in [0.2, 0.25) is 0 Å². The Labute approximate surface area is 114 Å². The molecule has 1 saturated carbocycles. The molecular weight excluding hydrogens is 246 g/mol. The predicted octanol–water partition coefficient (Wildman–Crippen LogP) is 0.977. The molecule has 1 fully saturated rings. The van der Waals surface area contributed by atoms with Crippen molar-refractivity contribution in [2.45, 2.75) is 37.6 Å². The summed E-state index contributed by atoms with van der Waals surface area (Å²) in [4.78, 5) is 27.0. The molecule has 6 heteroatoms. The summed E-state index contributed by atoms with van der Waals surface area (Å²) in [5.41, 5.74) is -1.05. The maximum atomic E-state index is 12.0. The largest absolute Gasteiger partial charge is 0.480 e. The first kappa shape index (κ1) is 15.8. The first-order valence-electron chi connectivity index (χ1n) is 6.79. The third-order valence-corrected chi connectivity index (χ3v) is 3.66. The smallest absolute Gasteiger partial charge is 0.329 e. The molecule has 2 amide bonds. The number of carboxylic acid groups (broad SMARTS) is 1. The highest BCUT2D eigenvalue weighted by Gasteiger charge is 2.43. The lowest BCUT2D eigenvalue weighted by Gasteiger charge is -2.28. The molecule has 0 heterocycles. The van der Waals surface area contributed by atoms with Crippen LogP contribution in [0.3, 0.4) is 0 Å². The van der Waals surface area contributed by atoms with Gasteiger partial charge in [0.1, 0.15) is 5.54 Å². The van der Waals surface area contributed by atoms with E-state index in [2.05, 4.69) is 10.2 Å². The van der Waals surface area contributed by atoms with Crippen molar-refractivity contribution in [2.24, 2.45) is 0 Å². The van der Waals surface area contributed by atoms with Crippen molar-refractivity contribution >= 4 is 12.0 Å². The molecule has 0 aromatic carbocycles. The minimum absolute atomic E-state index is 0.289. The molecule has 0 aliphatic heterocycles. The van der Waals surface area contributed by atoms with Crippen molar-refractivity contribution in [1.82, 2.24) is 15.1 Å². The molecule has 0 spiro atoms. The third kappa shape index (κ3) is 4.38. The van der Waals surface area contributed by atoms with Gasteiger partial charge in [0.2, 0.25) is 0 Å². The zero-order valence-electron chi connectivity index (χ0n) is 12.1. The van der Waals surface area contributed by atoms with Crippen molar-refractivity contribution in [3.63, 3.8) is 0 Å². The minimum atomic E-state index is -1.05. The monoisotopic (exact) mass is 271 g/mol. The average molecular weight is 271 g/mol. The van der Waals surface area contributed by atoms with E-state index in [1.807, 2.05) is 14.1 Å². The molecule has 0 atom stereocenters. The van der Waals surface area contributed by atoms with Crippen LogP contribution >= 0.6 is 0 Å². The van der Waals surface area contributed by atoms with Gasteiger partial charge in [-0.3, -0.25) is 0 Å². The number of aliphatic carboxylic acids is 1. The van der Waals surface area contributed by atoms with E-state index < -0.39 is 11.5 Å². The van der Waals surface area contributed by atoms with Gasteiger partial charge in [-0.05, 0) is 39.9 Å². The number of nitrogens with one attached hydrogen (secondary N) is 1. The lowest BCUT2D eigenvalue weighted by atomic mass is 9.98. The Morgan fingerprint density at radius 2 is 1.74 bits per heavy atom. The van der Waals surface area contributed by atoms with Crippen LogP contribution in [0, 0.1) is 0 Å². The van der Waals surface area contributed by atoms with Crippen molar-refractivity contribution in [1.29, 1.82) is 0 Å². The molecule has 1 rings (SSSR count). The maximum Gasteiger partial charge on any atom is 0.329 e. The number of hydrogen-bond donors (Lipinski definition) is 2. The van der Waals surface area contributed by atoms with Crippen LogP contribution in [0.15, 0.2) is 0 Å². The van der Waals surface area contributed by atoms with E-state index in [1.165, 1.54) is 0 Å². The SMILES string of the molecule is CN(C)CCCN(C)C(=O)NC1(C(=O)O)CCCC1. The lowest BCUT2D eigenvalue weighted by molar-refractivity contribution is -0.144. The van der Waals surface area contributed by atoms with E-state index in [-0.39, 0.29) is 6.03 Å². The fourth-order valence-electron chi connectivity index (χ4n) is 2.40. The highest BCUT2D eigenvalue weighted by atomic mass is 16.4. The molecule has 1 aliphatic carbocycles. The molecule has 0 aromatic rings. The summed E-state index contributed by atoms with van der Waals surface area (Å²) in [6, 6.07) is -0.289. The van der Waals surface area contributed by atoms with Gasteiger partial charge in [0.25, 0.3) is 0 Å². The molecule has 0 bridgehead atoms. The van der Waals surface area contributed by atoms with E-state index in [9.17, 15) is 14.7 Å². The van der Waals surface area contributed by atoms with E-state index in [0.717, 1.165) is 25.8 Å². The summed E-state index contributed by atoms with van der Waals surface area (Å²) in [5.74, 6) is -0.917. The Morgan fingerprint density at radius 3 is 2.21 bits per heavy atom. The van der Waals surface area contributed by atoms with Gasteiger partial charge in [-0.2, -0.15) is 0 Å². The lowest BCUT2D eigenvalue weighted by Crippen LogP contribution is -2.55. The molecular formula is C13H25N3O3. The zero-order chi connectivity index (χ0) is 14.5. The number of amides is 2. The predicted molar refractivity (Wildman–Crippen MR) is 73.2 cm³/mol. The van der Waals surface area contributed by atoms with Crippen LogP contribution in [0.4, 0.5) is 4.79 Å². The summed E-state index contributed by atoms with van der Waals surface area (Å²) in [6.45, 7) is 1.53. The summed E-state index contributed by atoms with van der Waals surface area (Å²) < 4.78 is 0. The van der Waals surface area contributed by atoms with E-state index in [0.29, 0.717) is 19.4 Å². The molecule has 0 radical (unpaired) electrons. The molecule has 0 unspecified atom stereocenters. The number of carbonyl (C=O) groups is 2. The zero-order valence-corrected chi connectivity index (χ0v) is 12.1. The fourth-order valence-corrected chi connectivity index (χ4v) is 2.40. The van der Waals surface area contributed by atoms with Gasteiger partial charge in [-0.1, -0.05) is 12.8 Å². The van der Waals surface area contributed by atoms with Gasteiger partial charge in [0.05, 0.1) is 0 Å². The van der Waals surface area contributed by atoms with Crippen molar-refractivity contribution < 1.29 is 14.7 Å². The summed E-state index contributed by atoms with van der Waals surface area (Å²) in [5, 5.41) is 12.0. The number of carboxylic acids is 1. The average Bonchev–Trinajstić information content (AvgIpc) is 2.78. The fraction of sp³-hybridized carbons (Fsp3) is 0.846. The quantitative estimate of drug-likeness (QED) is 0.755. The van der Waals surface area contributed by atoms with Crippen LogP contribution in [0.1, 0.15) is 32.1 Å². The first-order valence-corrected chi connectivity index (χ1v) is 6.79. The van der Waals surface area contributed by atoms with Gasteiger partial charge >= 0.3 is 12.0 Å². The number of nitrogens with zero attached hydrogens (tertiary/aromatic N) is 2. The van der Waals surface area contributed by atoms with E-state index in [1.54, 1.807) is 11.9 Å². The number of hydrogen-bond acceptors (Lipinski definition) is 3. The number of urea groups is 1. The van der Waals surface area contributed by atoms with Gasteiger partial charge in [0.15, 0.2) is 0 Å². The molecule has 19 heavy (non-hydrogen) atoms. The van der Waals surface area contributed by atoms with Crippen LogP contribution in [-0.4, -0.2) is 66.7 Å². The maximum absolute atomic E-state index is 12.0. The highest BCUT2D eigenvalue weighted by molar-refractivity contribution is 5.86. The van der Waals surface area contributed by atoms with Crippen LogP contribution in [0.5, 0.6) is 0 Å². The van der Waals surface area contributed by atoms with Crippen LogP contribution < -0.4 is 5.32 Å². The van der Waals surface area contributed by atoms with E-state index >= 15 is 0 Å². The summed E-state index contributed by atoms with van der Waals surface area (Å²) >= 11 is 0. The second-order valence-corrected chi connectivity index (χ2v) is 5.60. The van der Waals surface area contributed by atoms with Gasteiger partial charge in [-0.25, -0.2) is 9.59 Å². The molecule has 0 saturated heterocycles. The minimum Gasteiger partial charge on any atom is -0.480 e. The highest BCUT2D eigenvalue weighted by Crippen LogP contribution is 2.30. The Bertz CT molecular complexity index is 325. The van der Waals surface area contributed by atoms with Gasteiger partial charge < -0.3 is 20.2 Å². The topological polar surface area (TPSA) is 72.9 Å². The second kappa shape index (κ2) is 6.75. The molecule has 110 valence electrons. The van der Waals surface area contributed by atoms with Crippen LogP contribution in [0.25, 0.3) is 0 Å². The molecule has 1 aliphatic rings. The molecule has 6 nitrogen and oxygen atoms in total. The Balaban J connectivity index is 2.46. The van der Waals surface area contributed by atoms with Gasteiger partial charge in [0, 0.05) is 13.6 Å². The Hall–Kier alpha value is -1.30. The number of rotatable bonds is 6. The third-order valence-electron chi connectivity index (χ3n) is 3.66. The van der Waals surface area contributed by atoms with Crippen molar-refractivity contribution in [2.75, 3.05) is 34.2 Å². The van der Waals surface area contributed by atoms with Crippen molar-refractivity contribution in [3.05, 3.63) is 0 Å². The first-order chi connectivity index (χ1) is 8.87. The normalized spacial score (nSPS) is 17.5. The molecule has 0 aromatic heterocycles. The number of carbonyl (C=O) groups excluding carboxylic acids is 1. The van der Waals surface area contributed by atoms with E-state index in [4.69, 9.17) is 0 Å². The summed E-state index contributed by atoms with van der Waals surface area (Å²) in [6.07, 6.45) is 3.64.